The summed E-state index contributed by atoms with van der Waals surface area (Å²) in [4.78, 5) is 21.2. The molecule has 0 unspecified atom stereocenters. The van der Waals surface area contributed by atoms with Crippen LogP contribution < -0.4 is 10.6 Å². The molecule has 0 saturated carbocycles. The zero-order valence-electron chi connectivity index (χ0n) is 17.8. The molecule has 0 fully saturated rings. The van der Waals surface area contributed by atoms with Crippen LogP contribution in [0.2, 0.25) is 0 Å². The molecule has 2 N–H and O–H groups in total. The number of amides is 1. The van der Waals surface area contributed by atoms with E-state index in [2.05, 4.69) is 43.9 Å². The molecule has 0 spiro atoms. The maximum atomic E-state index is 12.5. The second-order valence-electron chi connectivity index (χ2n) is 7.62. The number of nitrogens with one attached hydrogen (secondary N) is 2. The minimum absolute atomic E-state index is 0.0823. The van der Waals surface area contributed by atoms with Crippen LogP contribution in [0.5, 0.6) is 0 Å². The van der Waals surface area contributed by atoms with Crippen LogP contribution in [-0.2, 0) is 13.0 Å². The van der Waals surface area contributed by atoms with E-state index in [0.717, 1.165) is 40.9 Å². The summed E-state index contributed by atoms with van der Waals surface area (Å²) in [6.07, 6.45) is 4.22. The highest BCUT2D eigenvalue weighted by Crippen LogP contribution is 2.18. The van der Waals surface area contributed by atoms with Gasteiger partial charge < -0.3 is 10.6 Å². The number of aromatic nitrogens is 4. The maximum Gasteiger partial charge on any atom is 0.251 e. The molecule has 2 aromatic heterocycles. The summed E-state index contributed by atoms with van der Waals surface area (Å²) in [6.45, 7) is 5.74. The largest absolute Gasteiger partial charge is 0.369 e. The molecule has 158 valence electrons. The predicted octanol–water partition coefficient (Wildman–Crippen LogP) is 3.53. The van der Waals surface area contributed by atoms with Crippen molar-refractivity contribution in [1.29, 1.82) is 0 Å². The second-order valence-corrected chi connectivity index (χ2v) is 7.62. The van der Waals surface area contributed by atoms with Gasteiger partial charge in [0.1, 0.15) is 12.1 Å². The van der Waals surface area contributed by atoms with E-state index in [1.54, 1.807) is 17.2 Å². The molecular weight excluding hydrogens is 388 g/mol. The van der Waals surface area contributed by atoms with Gasteiger partial charge in [-0.05, 0) is 38.0 Å². The van der Waals surface area contributed by atoms with Crippen molar-refractivity contribution < 1.29 is 4.79 Å². The Bertz CT molecular complexity index is 1170. The Balaban J connectivity index is 1.36. The van der Waals surface area contributed by atoms with Gasteiger partial charge in [0.25, 0.3) is 5.91 Å². The quantitative estimate of drug-likeness (QED) is 0.461. The van der Waals surface area contributed by atoms with Gasteiger partial charge in [-0.15, -0.1) is 0 Å². The molecule has 0 saturated heterocycles. The summed E-state index contributed by atoms with van der Waals surface area (Å²) in [7, 11) is 0. The maximum absolute atomic E-state index is 12.5. The number of hydrogen-bond donors (Lipinski definition) is 2. The van der Waals surface area contributed by atoms with E-state index in [4.69, 9.17) is 0 Å². The van der Waals surface area contributed by atoms with Gasteiger partial charge in [-0.25, -0.2) is 14.6 Å². The molecule has 2 heterocycles. The zero-order valence-corrected chi connectivity index (χ0v) is 17.8. The third-order valence-electron chi connectivity index (χ3n) is 5.08. The molecule has 0 bridgehead atoms. The van der Waals surface area contributed by atoms with E-state index in [1.165, 1.54) is 5.56 Å². The fourth-order valence-corrected chi connectivity index (χ4v) is 3.65. The summed E-state index contributed by atoms with van der Waals surface area (Å²) in [5, 5.41) is 11.7. The van der Waals surface area contributed by atoms with Crippen molar-refractivity contribution in [3.63, 3.8) is 0 Å². The van der Waals surface area contributed by atoms with Crippen LogP contribution in [0.15, 0.2) is 61.1 Å². The first-order valence-corrected chi connectivity index (χ1v) is 10.4. The molecule has 1 amide bonds. The normalized spacial score (nSPS) is 10.9. The molecule has 2 aromatic carbocycles. The number of benzene rings is 2. The lowest BCUT2D eigenvalue weighted by atomic mass is 10.1. The van der Waals surface area contributed by atoms with Crippen molar-refractivity contribution in [2.24, 2.45) is 0 Å². The molecule has 0 aliphatic heterocycles. The summed E-state index contributed by atoms with van der Waals surface area (Å²) in [6, 6.07) is 16.2. The first kappa shape index (κ1) is 20.5. The number of carbonyl (C=O) groups is 1. The van der Waals surface area contributed by atoms with Crippen LogP contribution in [0, 0.1) is 13.8 Å². The molecule has 0 aliphatic carbocycles. The molecule has 31 heavy (non-hydrogen) atoms. The average molecular weight is 415 g/mol. The molecule has 4 rings (SSSR count). The fourth-order valence-electron chi connectivity index (χ4n) is 3.65. The van der Waals surface area contributed by atoms with Crippen molar-refractivity contribution in [2.45, 2.75) is 26.8 Å². The van der Waals surface area contributed by atoms with Crippen LogP contribution in [-0.4, -0.2) is 38.7 Å². The predicted molar refractivity (Wildman–Crippen MR) is 122 cm³/mol. The van der Waals surface area contributed by atoms with Gasteiger partial charge in [0.2, 0.25) is 0 Å². The lowest BCUT2D eigenvalue weighted by molar-refractivity contribution is 0.0952. The van der Waals surface area contributed by atoms with Gasteiger partial charge in [-0.2, -0.15) is 5.10 Å². The standard InChI is InChI=1S/C24H26N6O/c1-17-12-18(2)14-20(13-17)24(31)26-10-11-30-23-21(15-29-30)22(27-16-28-23)25-9-8-19-6-4-3-5-7-19/h3-7,12-16H,8-11H2,1-2H3,(H,26,31)(H,25,27,28). The first-order chi connectivity index (χ1) is 15.1. The molecule has 0 radical (unpaired) electrons. The number of carbonyl (C=O) groups excluding carboxylic acids is 1. The number of fused-ring (bicyclic) bond motifs is 1. The van der Waals surface area contributed by atoms with E-state index >= 15 is 0 Å². The van der Waals surface area contributed by atoms with Crippen LogP contribution in [0.3, 0.4) is 0 Å². The second kappa shape index (κ2) is 9.38. The molecular formula is C24H26N6O. The van der Waals surface area contributed by atoms with Crippen molar-refractivity contribution in [3.05, 3.63) is 83.3 Å². The van der Waals surface area contributed by atoms with E-state index < -0.39 is 0 Å². The lowest BCUT2D eigenvalue weighted by Gasteiger charge is -2.09. The topological polar surface area (TPSA) is 84.7 Å². The molecule has 4 aromatic rings. The van der Waals surface area contributed by atoms with E-state index in [0.29, 0.717) is 18.7 Å². The number of rotatable bonds is 8. The third kappa shape index (κ3) is 5.06. The summed E-state index contributed by atoms with van der Waals surface area (Å²) in [5.41, 5.74) is 4.85. The number of aryl methyl sites for hydroxylation is 2. The van der Waals surface area contributed by atoms with E-state index in [1.807, 2.05) is 44.2 Å². The minimum atomic E-state index is -0.0823. The molecule has 0 atom stereocenters. The summed E-state index contributed by atoms with van der Waals surface area (Å²) < 4.78 is 1.79. The van der Waals surface area contributed by atoms with Crippen molar-refractivity contribution in [2.75, 3.05) is 18.4 Å². The first-order valence-electron chi connectivity index (χ1n) is 10.4. The van der Waals surface area contributed by atoms with E-state index in [-0.39, 0.29) is 5.91 Å². The third-order valence-corrected chi connectivity index (χ3v) is 5.08. The lowest BCUT2D eigenvalue weighted by Crippen LogP contribution is -2.27. The Labute approximate surface area is 181 Å². The van der Waals surface area contributed by atoms with Gasteiger partial charge in [0, 0.05) is 18.7 Å². The van der Waals surface area contributed by atoms with E-state index in [9.17, 15) is 4.79 Å². The molecule has 7 heteroatoms. The van der Waals surface area contributed by atoms with Crippen LogP contribution >= 0.6 is 0 Å². The highest BCUT2D eigenvalue weighted by Gasteiger charge is 2.11. The van der Waals surface area contributed by atoms with Crippen molar-refractivity contribution in [1.82, 2.24) is 25.1 Å². The smallest absolute Gasteiger partial charge is 0.251 e. The van der Waals surface area contributed by atoms with Crippen LogP contribution in [0.25, 0.3) is 11.0 Å². The van der Waals surface area contributed by atoms with Crippen LogP contribution in [0.4, 0.5) is 5.82 Å². The van der Waals surface area contributed by atoms with Gasteiger partial charge in [-0.3, -0.25) is 4.79 Å². The van der Waals surface area contributed by atoms with Gasteiger partial charge in [-0.1, -0.05) is 47.5 Å². The Morgan fingerprint density at radius 2 is 1.77 bits per heavy atom. The highest BCUT2D eigenvalue weighted by molar-refractivity contribution is 5.94. The van der Waals surface area contributed by atoms with Gasteiger partial charge in [0.15, 0.2) is 5.65 Å². The SMILES string of the molecule is Cc1cc(C)cc(C(=O)NCCn2ncc3c(NCCc4ccccc4)ncnc32)c1. The fraction of sp³-hybridized carbons (Fsp3) is 0.250. The Hall–Kier alpha value is -3.74. The number of nitrogens with zero attached hydrogens (tertiary/aromatic N) is 4. The van der Waals surface area contributed by atoms with Gasteiger partial charge >= 0.3 is 0 Å². The summed E-state index contributed by atoms with van der Waals surface area (Å²) >= 11 is 0. The minimum Gasteiger partial charge on any atom is -0.369 e. The Kier molecular flexibility index (Phi) is 6.21. The Morgan fingerprint density at radius 3 is 2.55 bits per heavy atom. The van der Waals surface area contributed by atoms with Crippen LogP contribution in [0.1, 0.15) is 27.0 Å². The average Bonchev–Trinajstić information content (AvgIpc) is 3.18. The zero-order chi connectivity index (χ0) is 21.6. The molecule has 7 nitrogen and oxygen atoms in total. The van der Waals surface area contributed by atoms with Gasteiger partial charge in [0.05, 0.1) is 18.1 Å². The monoisotopic (exact) mass is 414 g/mol. The van der Waals surface area contributed by atoms with Crippen molar-refractivity contribution in [3.8, 4) is 0 Å². The Morgan fingerprint density at radius 1 is 1.00 bits per heavy atom. The number of anilines is 1. The van der Waals surface area contributed by atoms with Crippen molar-refractivity contribution >= 4 is 22.8 Å². The number of hydrogen-bond acceptors (Lipinski definition) is 5. The summed E-state index contributed by atoms with van der Waals surface area (Å²) in [5.74, 6) is 0.688. The molecule has 0 aliphatic rings. The highest BCUT2D eigenvalue weighted by atomic mass is 16.1.